The van der Waals surface area contributed by atoms with Gasteiger partial charge in [0, 0.05) is 5.75 Å². The Balaban J connectivity index is 2.82. The topological polar surface area (TPSA) is 53.4 Å². The number of aliphatic hydroxyl groups excluding tert-OH is 2. The van der Waals surface area contributed by atoms with E-state index < -0.39 is 12.2 Å². The lowest BCUT2D eigenvalue weighted by Gasteiger charge is -2.14. The maximum Gasteiger partial charge on any atom is 0.123 e. The lowest BCUT2D eigenvalue weighted by molar-refractivity contribution is 0.0309. The summed E-state index contributed by atoms with van der Waals surface area (Å²) in [6.07, 6.45) is -1.86. The highest BCUT2D eigenvalue weighted by Crippen LogP contribution is 2.17. The van der Waals surface area contributed by atoms with E-state index in [-0.39, 0.29) is 5.75 Å². The molecule has 5 heteroatoms. The minimum Gasteiger partial charge on any atom is -0.389 e. The molecule has 0 aromatic carbocycles. The van der Waals surface area contributed by atoms with Crippen LogP contribution < -0.4 is 0 Å². The number of hydrogen-bond acceptors (Lipinski definition) is 4. The van der Waals surface area contributed by atoms with Crippen molar-refractivity contribution in [1.29, 1.82) is 0 Å². The van der Waals surface area contributed by atoms with Crippen LogP contribution in [0.5, 0.6) is 0 Å². The first-order valence-corrected chi connectivity index (χ1v) is 5.17. The number of pyridine rings is 1. The molecule has 0 radical (unpaired) electrons. The van der Waals surface area contributed by atoms with Crippen molar-refractivity contribution in [3.05, 3.63) is 28.5 Å². The summed E-state index contributed by atoms with van der Waals surface area (Å²) < 4.78 is 0.635. The van der Waals surface area contributed by atoms with Crippen molar-refractivity contribution in [2.75, 3.05) is 5.75 Å². The zero-order valence-corrected chi connectivity index (χ0v) is 9.24. The fourth-order valence-electron chi connectivity index (χ4n) is 0.886. The quantitative estimate of drug-likeness (QED) is 0.567. The summed E-state index contributed by atoms with van der Waals surface area (Å²) in [6.45, 7) is 0. The van der Waals surface area contributed by atoms with Gasteiger partial charge in [0.2, 0.25) is 0 Å². The number of nitrogens with zero attached hydrogens (tertiary/aromatic N) is 1. The zero-order chi connectivity index (χ0) is 9.84. The standard InChI is InChI=1S/C8H10BrNO2S/c9-7-3-1-2-5(10-7)8(12)6(11)4-13/h1-3,6,8,11-13H,4H2. The van der Waals surface area contributed by atoms with Gasteiger partial charge in [-0.1, -0.05) is 6.07 Å². The molecule has 2 unspecified atom stereocenters. The SMILES string of the molecule is OC(CS)C(O)c1cccc(Br)n1. The van der Waals surface area contributed by atoms with Gasteiger partial charge in [-0.2, -0.15) is 12.6 Å². The molecule has 1 aromatic heterocycles. The van der Waals surface area contributed by atoms with Crippen molar-refractivity contribution < 1.29 is 10.2 Å². The Morgan fingerprint density at radius 1 is 1.46 bits per heavy atom. The number of rotatable bonds is 3. The van der Waals surface area contributed by atoms with Crippen LogP contribution in [0, 0.1) is 0 Å². The van der Waals surface area contributed by atoms with Gasteiger partial charge < -0.3 is 10.2 Å². The number of aliphatic hydroxyl groups is 2. The summed E-state index contributed by atoms with van der Waals surface area (Å²) in [6, 6.07) is 5.16. The zero-order valence-electron chi connectivity index (χ0n) is 6.76. The molecule has 0 spiro atoms. The van der Waals surface area contributed by atoms with Gasteiger partial charge in [-0.05, 0) is 28.1 Å². The fraction of sp³-hybridized carbons (Fsp3) is 0.375. The number of aromatic nitrogens is 1. The van der Waals surface area contributed by atoms with Crippen molar-refractivity contribution in [1.82, 2.24) is 4.98 Å². The van der Waals surface area contributed by atoms with Crippen LogP contribution in [0.3, 0.4) is 0 Å². The molecule has 0 saturated carbocycles. The molecule has 0 amide bonds. The van der Waals surface area contributed by atoms with Gasteiger partial charge >= 0.3 is 0 Å². The molecule has 0 bridgehead atoms. The van der Waals surface area contributed by atoms with Crippen molar-refractivity contribution >= 4 is 28.6 Å². The Bertz CT molecular complexity index is 285. The third-order valence-corrected chi connectivity index (χ3v) is 2.41. The molecule has 0 fully saturated rings. The van der Waals surface area contributed by atoms with Crippen LogP contribution >= 0.6 is 28.6 Å². The molecule has 2 atom stereocenters. The highest BCUT2D eigenvalue weighted by Gasteiger charge is 2.17. The summed E-state index contributed by atoms with van der Waals surface area (Å²) in [7, 11) is 0. The summed E-state index contributed by atoms with van der Waals surface area (Å²) in [5.74, 6) is 0.204. The number of halogens is 1. The molecular formula is C8H10BrNO2S. The predicted molar refractivity (Wildman–Crippen MR) is 56.8 cm³/mol. The average Bonchev–Trinajstić information content (AvgIpc) is 2.15. The van der Waals surface area contributed by atoms with Crippen molar-refractivity contribution in [2.45, 2.75) is 12.2 Å². The molecule has 1 aromatic rings. The molecule has 3 nitrogen and oxygen atoms in total. The summed E-state index contributed by atoms with van der Waals surface area (Å²) in [5.41, 5.74) is 0.441. The van der Waals surface area contributed by atoms with Gasteiger partial charge in [-0.25, -0.2) is 4.98 Å². The molecule has 13 heavy (non-hydrogen) atoms. The van der Waals surface area contributed by atoms with Gasteiger partial charge in [-0.3, -0.25) is 0 Å². The minimum absolute atomic E-state index is 0.204. The average molecular weight is 264 g/mol. The lowest BCUT2D eigenvalue weighted by atomic mass is 10.1. The third-order valence-electron chi connectivity index (χ3n) is 1.59. The predicted octanol–water partition coefficient (Wildman–Crippen LogP) is 1.17. The second-order valence-corrected chi connectivity index (χ2v) is 3.76. The van der Waals surface area contributed by atoms with E-state index in [4.69, 9.17) is 0 Å². The normalized spacial score (nSPS) is 15.4. The Morgan fingerprint density at radius 3 is 2.69 bits per heavy atom. The molecule has 72 valence electrons. The summed E-state index contributed by atoms with van der Waals surface area (Å²) >= 11 is 7.06. The second-order valence-electron chi connectivity index (χ2n) is 2.58. The Kier molecular flexibility index (Phi) is 4.18. The van der Waals surface area contributed by atoms with E-state index in [1.54, 1.807) is 18.2 Å². The van der Waals surface area contributed by atoms with Crippen LogP contribution in [0.25, 0.3) is 0 Å². The molecular weight excluding hydrogens is 254 g/mol. The van der Waals surface area contributed by atoms with E-state index in [9.17, 15) is 10.2 Å². The Morgan fingerprint density at radius 2 is 2.15 bits per heavy atom. The maximum absolute atomic E-state index is 9.53. The number of hydrogen-bond donors (Lipinski definition) is 3. The fourth-order valence-corrected chi connectivity index (χ4v) is 1.44. The van der Waals surface area contributed by atoms with E-state index in [0.717, 1.165) is 0 Å². The van der Waals surface area contributed by atoms with Crippen LogP contribution in [0.4, 0.5) is 0 Å². The molecule has 0 aliphatic heterocycles. The van der Waals surface area contributed by atoms with E-state index in [1.165, 1.54) is 0 Å². The third kappa shape index (κ3) is 2.95. The van der Waals surface area contributed by atoms with Crippen LogP contribution in [-0.4, -0.2) is 27.1 Å². The number of thiol groups is 1. The van der Waals surface area contributed by atoms with Gasteiger partial charge in [0.05, 0.1) is 11.8 Å². The molecule has 0 aliphatic rings. The minimum atomic E-state index is -0.977. The van der Waals surface area contributed by atoms with Gasteiger partial charge in [-0.15, -0.1) is 0 Å². The van der Waals surface area contributed by atoms with Crippen LogP contribution in [-0.2, 0) is 0 Å². The van der Waals surface area contributed by atoms with E-state index in [2.05, 4.69) is 33.5 Å². The first kappa shape index (κ1) is 11.0. The molecule has 1 heterocycles. The van der Waals surface area contributed by atoms with Crippen molar-refractivity contribution in [2.24, 2.45) is 0 Å². The lowest BCUT2D eigenvalue weighted by Crippen LogP contribution is -2.20. The Labute approximate surface area is 90.4 Å². The van der Waals surface area contributed by atoms with E-state index in [0.29, 0.717) is 10.3 Å². The van der Waals surface area contributed by atoms with Crippen LogP contribution in [0.15, 0.2) is 22.8 Å². The van der Waals surface area contributed by atoms with E-state index >= 15 is 0 Å². The van der Waals surface area contributed by atoms with Gasteiger partial charge in [0.15, 0.2) is 0 Å². The smallest absolute Gasteiger partial charge is 0.123 e. The molecule has 1 rings (SSSR count). The largest absolute Gasteiger partial charge is 0.389 e. The second kappa shape index (κ2) is 4.95. The Hall–Kier alpha value is -0.100. The first-order valence-electron chi connectivity index (χ1n) is 3.74. The van der Waals surface area contributed by atoms with Gasteiger partial charge in [0.25, 0.3) is 0 Å². The molecule has 0 saturated heterocycles. The highest BCUT2D eigenvalue weighted by atomic mass is 79.9. The maximum atomic E-state index is 9.53. The first-order chi connectivity index (χ1) is 6.15. The van der Waals surface area contributed by atoms with Crippen molar-refractivity contribution in [3.8, 4) is 0 Å². The van der Waals surface area contributed by atoms with E-state index in [1.807, 2.05) is 0 Å². The van der Waals surface area contributed by atoms with Crippen LogP contribution in [0.1, 0.15) is 11.8 Å². The van der Waals surface area contributed by atoms with Crippen molar-refractivity contribution in [3.63, 3.8) is 0 Å². The monoisotopic (exact) mass is 263 g/mol. The summed E-state index contributed by atoms with van der Waals surface area (Å²) in [5, 5.41) is 18.8. The summed E-state index contributed by atoms with van der Waals surface area (Å²) in [4.78, 5) is 4.01. The van der Waals surface area contributed by atoms with Crippen LogP contribution in [0.2, 0.25) is 0 Å². The highest BCUT2D eigenvalue weighted by molar-refractivity contribution is 9.10. The molecule has 2 N–H and O–H groups in total. The van der Waals surface area contributed by atoms with Gasteiger partial charge in [0.1, 0.15) is 10.7 Å². The molecule has 0 aliphatic carbocycles.